The first-order valence-corrected chi connectivity index (χ1v) is 7.60. The van der Waals surface area contributed by atoms with E-state index in [-0.39, 0.29) is 0 Å². The molecule has 0 aliphatic carbocycles. The van der Waals surface area contributed by atoms with Gasteiger partial charge in [-0.2, -0.15) is 0 Å². The van der Waals surface area contributed by atoms with Crippen LogP contribution in [0.5, 0.6) is 0 Å². The van der Waals surface area contributed by atoms with Crippen molar-refractivity contribution in [1.82, 2.24) is 10.2 Å². The molecule has 2 heterocycles. The van der Waals surface area contributed by atoms with E-state index < -0.39 is 0 Å². The minimum atomic E-state index is 0.660. The molecule has 1 N–H and O–H groups in total. The minimum absolute atomic E-state index is 0.660. The van der Waals surface area contributed by atoms with E-state index in [9.17, 15) is 0 Å². The molecule has 0 radical (unpaired) electrons. The number of nitrogens with zero attached hydrogens (tertiary/aromatic N) is 1. The van der Waals surface area contributed by atoms with Crippen LogP contribution in [0.2, 0.25) is 0 Å². The molecule has 0 bridgehead atoms. The van der Waals surface area contributed by atoms with Gasteiger partial charge in [0.05, 0.1) is 0 Å². The Morgan fingerprint density at radius 1 is 1.18 bits per heavy atom. The fraction of sp³-hybridized carbons (Fsp3) is 0.571. The molecule has 0 saturated carbocycles. The molecule has 0 aromatic heterocycles. The lowest BCUT2D eigenvalue weighted by Crippen LogP contribution is -2.33. The number of benzene rings is 1. The van der Waals surface area contributed by atoms with Gasteiger partial charge in [-0.3, -0.25) is 4.90 Å². The van der Waals surface area contributed by atoms with Crippen molar-refractivity contribution in [3.05, 3.63) is 29.8 Å². The maximum absolute atomic E-state index is 3.49. The monoisotopic (exact) mass is 248 g/mol. The summed E-state index contributed by atoms with van der Waals surface area (Å²) in [6.07, 6.45) is 2.59. The predicted octanol–water partition coefficient (Wildman–Crippen LogP) is 2.52. The molecule has 3 heteroatoms. The van der Waals surface area contributed by atoms with Gasteiger partial charge in [-0.15, -0.1) is 11.8 Å². The number of nitrogens with one attached hydrogen (secondary N) is 1. The van der Waals surface area contributed by atoms with E-state index in [4.69, 9.17) is 0 Å². The minimum Gasteiger partial charge on any atom is -0.315 e. The SMILES string of the molecule is c1ccc2c(c1)SCCC2N1CCCNCC1. The molecule has 17 heavy (non-hydrogen) atoms. The third kappa shape index (κ3) is 2.51. The molecule has 0 spiro atoms. The van der Waals surface area contributed by atoms with Crippen molar-refractivity contribution in [2.75, 3.05) is 31.9 Å². The summed E-state index contributed by atoms with van der Waals surface area (Å²) in [6, 6.07) is 9.62. The molecule has 92 valence electrons. The van der Waals surface area contributed by atoms with Crippen LogP contribution in [-0.4, -0.2) is 36.8 Å². The van der Waals surface area contributed by atoms with E-state index in [1.807, 2.05) is 11.8 Å². The van der Waals surface area contributed by atoms with E-state index in [0.29, 0.717) is 6.04 Å². The van der Waals surface area contributed by atoms with Crippen molar-refractivity contribution >= 4 is 11.8 Å². The molecule has 2 aliphatic heterocycles. The summed E-state index contributed by atoms with van der Waals surface area (Å²) in [7, 11) is 0. The van der Waals surface area contributed by atoms with Gasteiger partial charge in [-0.1, -0.05) is 18.2 Å². The summed E-state index contributed by atoms with van der Waals surface area (Å²) in [6.45, 7) is 4.77. The molecular formula is C14H20N2S. The smallest absolute Gasteiger partial charge is 0.0367 e. The molecule has 2 aliphatic rings. The van der Waals surface area contributed by atoms with Gasteiger partial charge in [-0.25, -0.2) is 0 Å². The summed E-state index contributed by atoms with van der Waals surface area (Å²) in [5.74, 6) is 1.27. The zero-order chi connectivity index (χ0) is 11.5. The van der Waals surface area contributed by atoms with E-state index >= 15 is 0 Å². The normalized spacial score (nSPS) is 26.2. The van der Waals surface area contributed by atoms with Crippen LogP contribution in [-0.2, 0) is 0 Å². The maximum atomic E-state index is 3.49. The standard InChI is InChI=1S/C14H20N2S/c1-2-5-14-12(4-1)13(6-11-17-14)16-9-3-7-15-8-10-16/h1-2,4-5,13,15H,3,6-11H2. The van der Waals surface area contributed by atoms with Gasteiger partial charge < -0.3 is 5.32 Å². The maximum Gasteiger partial charge on any atom is 0.0367 e. The van der Waals surface area contributed by atoms with Crippen molar-refractivity contribution in [3.63, 3.8) is 0 Å². The summed E-state index contributed by atoms with van der Waals surface area (Å²) in [5, 5.41) is 3.49. The van der Waals surface area contributed by atoms with Crippen LogP contribution in [0, 0.1) is 0 Å². The Balaban J connectivity index is 1.83. The summed E-state index contributed by atoms with van der Waals surface area (Å²) in [4.78, 5) is 4.18. The molecule has 0 amide bonds. The Hall–Kier alpha value is -0.510. The van der Waals surface area contributed by atoms with Gasteiger partial charge >= 0.3 is 0 Å². The van der Waals surface area contributed by atoms with Gasteiger partial charge in [0.1, 0.15) is 0 Å². The number of fused-ring (bicyclic) bond motifs is 1. The zero-order valence-electron chi connectivity index (χ0n) is 10.2. The van der Waals surface area contributed by atoms with Crippen LogP contribution in [0.3, 0.4) is 0 Å². The highest BCUT2D eigenvalue weighted by molar-refractivity contribution is 7.99. The van der Waals surface area contributed by atoms with Crippen LogP contribution < -0.4 is 5.32 Å². The summed E-state index contributed by atoms with van der Waals surface area (Å²) >= 11 is 2.02. The highest BCUT2D eigenvalue weighted by Crippen LogP contribution is 2.39. The molecule has 1 fully saturated rings. The van der Waals surface area contributed by atoms with Gasteiger partial charge in [0.25, 0.3) is 0 Å². The molecule has 1 unspecified atom stereocenters. The average Bonchev–Trinajstić information content (AvgIpc) is 2.67. The first-order chi connectivity index (χ1) is 8.45. The highest BCUT2D eigenvalue weighted by atomic mass is 32.2. The number of thioether (sulfide) groups is 1. The van der Waals surface area contributed by atoms with Crippen LogP contribution in [0.25, 0.3) is 0 Å². The average molecular weight is 248 g/mol. The van der Waals surface area contributed by atoms with Gasteiger partial charge in [-0.05, 0) is 36.8 Å². The summed E-state index contributed by atoms with van der Waals surface area (Å²) in [5.41, 5.74) is 1.56. The molecular weight excluding hydrogens is 228 g/mol. The van der Waals surface area contributed by atoms with Gasteiger partial charge in [0.2, 0.25) is 0 Å². The molecule has 1 atom stereocenters. The van der Waals surface area contributed by atoms with Crippen LogP contribution in [0.4, 0.5) is 0 Å². The van der Waals surface area contributed by atoms with Gasteiger partial charge in [0.15, 0.2) is 0 Å². The highest BCUT2D eigenvalue weighted by Gasteiger charge is 2.26. The van der Waals surface area contributed by atoms with Crippen LogP contribution in [0.1, 0.15) is 24.4 Å². The lowest BCUT2D eigenvalue weighted by Gasteiger charge is -2.34. The van der Waals surface area contributed by atoms with E-state index in [0.717, 1.165) is 6.54 Å². The van der Waals surface area contributed by atoms with E-state index in [2.05, 4.69) is 34.5 Å². The van der Waals surface area contributed by atoms with Gasteiger partial charge in [0, 0.05) is 30.6 Å². The predicted molar refractivity (Wildman–Crippen MR) is 73.6 cm³/mol. The van der Waals surface area contributed by atoms with Crippen molar-refractivity contribution in [3.8, 4) is 0 Å². The van der Waals surface area contributed by atoms with Crippen molar-refractivity contribution < 1.29 is 0 Å². The van der Waals surface area contributed by atoms with E-state index in [1.54, 1.807) is 5.56 Å². The molecule has 1 saturated heterocycles. The second-order valence-electron chi connectivity index (χ2n) is 4.83. The Bertz CT molecular complexity index is 372. The number of hydrogen-bond acceptors (Lipinski definition) is 3. The molecule has 1 aromatic carbocycles. The first-order valence-electron chi connectivity index (χ1n) is 6.61. The van der Waals surface area contributed by atoms with Crippen molar-refractivity contribution in [2.24, 2.45) is 0 Å². The van der Waals surface area contributed by atoms with E-state index in [1.165, 1.54) is 43.1 Å². The van der Waals surface area contributed by atoms with Crippen LogP contribution in [0.15, 0.2) is 29.2 Å². The fourth-order valence-electron chi connectivity index (χ4n) is 2.88. The third-order valence-corrected chi connectivity index (χ3v) is 4.86. The second-order valence-corrected chi connectivity index (χ2v) is 5.97. The lowest BCUT2D eigenvalue weighted by molar-refractivity contribution is 0.202. The Kier molecular flexibility index (Phi) is 3.69. The number of rotatable bonds is 1. The lowest BCUT2D eigenvalue weighted by atomic mass is 10.0. The van der Waals surface area contributed by atoms with Crippen molar-refractivity contribution in [1.29, 1.82) is 0 Å². The van der Waals surface area contributed by atoms with Crippen molar-refractivity contribution in [2.45, 2.75) is 23.8 Å². The first kappa shape index (κ1) is 11.6. The van der Waals surface area contributed by atoms with Crippen LogP contribution >= 0.6 is 11.8 Å². The number of hydrogen-bond donors (Lipinski definition) is 1. The molecule has 2 nitrogen and oxygen atoms in total. The molecule has 3 rings (SSSR count). The Morgan fingerprint density at radius 3 is 3.12 bits per heavy atom. The second kappa shape index (κ2) is 5.42. The summed E-state index contributed by atoms with van der Waals surface area (Å²) < 4.78 is 0. The zero-order valence-corrected chi connectivity index (χ0v) is 11.0. The molecule has 1 aromatic rings. The Labute approximate surface area is 108 Å². The topological polar surface area (TPSA) is 15.3 Å². The fourth-order valence-corrected chi connectivity index (χ4v) is 3.99. The quantitative estimate of drug-likeness (QED) is 0.822. The third-order valence-electron chi connectivity index (χ3n) is 3.74. The Morgan fingerprint density at radius 2 is 2.12 bits per heavy atom. The largest absolute Gasteiger partial charge is 0.315 e.